The SMILES string of the molecule is CCCOC(=O)c1cc(NC(=O)CN2C(=O)S/C(=C/c3cccc(OC)c3OCc3ccc(Cl)cc3Cl)C2=O)ccc1Cl. The van der Waals surface area contributed by atoms with Gasteiger partial charge < -0.3 is 19.5 Å². The van der Waals surface area contributed by atoms with Gasteiger partial charge in [0.05, 0.1) is 29.2 Å². The van der Waals surface area contributed by atoms with E-state index in [9.17, 15) is 19.2 Å². The molecule has 1 N–H and O–H groups in total. The number of benzene rings is 3. The normalized spacial score (nSPS) is 13.8. The minimum atomic E-state index is -0.653. The first-order chi connectivity index (χ1) is 20.6. The van der Waals surface area contributed by atoms with Gasteiger partial charge in [0.1, 0.15) is 13.2 Å². The number of rotatable bonds is 11. The summed E-state index contributed by atoms with van der Waals surface area (Å²) in [6.07, 6.45) is 2.13. The molecule has 1 aliphatic rings. The number of anilines is 1. The Balaban J connectivity index is 1.48. The number of nitrogens with one attached hydrogen (secondary N) is 1. The quantitative estimate of drug-likeness (QED) is 0.166. The van der Waals surface area contributed by atoms with Crippen molar-refractivity contribution in [2.45, 2.75) is 20.0 Å². The lowest BCUT2D eigenvalue weighted by Crippen LogP contribution is -2.36. The van der Waals surface area contributed by atoms with Crippen molar-refractivity contribution in [1.82, 2.24) is 4.90 Å². The summed E-state index contributed by atoms with van der Waals surface area (Å²) in [6.45, 7) is 1.62. The molecule has 0 saturated carbocycles. The fourth-order valence-electron chi connectivity index (χ4n) is 3.90. The highest BCUT2D eigenvalue weighted by molar-refractivity contribution is 8.18. The van der Waals surface area contributed by atoms with Gasteiger partial charge in [-0.1, -0.05) is 59.9 Å². The van der Waals surface area contributed by atoms with Gasteiger partial charge in [0.2, 0.25) is 5.91 Å². The van der Waals surface area contributed by atoms with Crippen molar-refractivity contribution in [2.75, 3.05) is 25.6 Å². The predicted octanol–water partition coefficient (Wildman–Crippen LogP) is 7.48. The van der Waals surface area contributed by atoms with Crippen molar-refractivity contribution in [2.24, 2.45) is 0 Å². The van der Waals surface area contributed by atoms with Gasteiger partial charge in [-0.25, -0.2) is 4.79 Å². The average molecular weight is 664 g/mol. The van der Waals surface area contributed by atoms with E-state index >= 15 is 0 Å². The van der Waals surface area contributed by atoms with Gasteiger partial charge in [-0.05, 0) is 60.7 Å². The van der Waals surface area contributed by atoms with Crippen LogP contribution < -0.4 is 14.8 Å². The topological polar surface area (TPSA) is 111 Å². The van der Waals surface area contributed by atoms with E-state index in [1.54, 1.807) is 36.4 Å². The number of esters is 1. The number of carbonyl (C=O) groups excluding carboxylic acids is 4. The van der Waals surface area contributed by atoms with E-state index in [0.29, 0.717) is 50.9 Å². The number of carbonyl (C=O) groups is 4. The van der Waals surface area contributed by atoms with Crippen molar-refractivity contribution in [3.8, 4) is 11.5 Å². The molecule has 3 amide bonds. The number of imide groups is 1. The van der Waals surface area contributed by atoms with E-state index in [1.165, 1.54) is 31.4 Å². The molecule has 0 spiro atoms. The lowest BCUT2D eigenvalue weighted by atomic mass is 10.1. The number of hydrogen-bond donors (Lipinski definition) is 1. The van der Waals surface area contributed by atoms with Crippen LogP contribution in [0.3, 0.4) is 0 Å². The summed E-state index contributed by atoms with van der Waals surface area (Å²) >= 11 is 19.1. The van der Waals surface area contributed by atoms with Gasteiger partial charge in [-0.15, -0.1) is 0 Å². The standard InChI is InChI=1S/C30H25Cl3N2O7S/c1-3-11-41-29(38)21-14-20(9-10-22(21)32)34-26(36)15-35-28(37)25(43-30(35)39)12-17-5-4-6-24(40-2)27(17)42-16-18-7-8-19(31)13-23(18)33/h4-10,12-14H,3,11,15-16H2,1-2H3,(H,34,36)/b25-12+. The van der Waals surface area contributed by atoms with E-state index in [2.05, 4.69) is 5.32 Å². The molecule has 3 aromatic carbocycles. The van der Waals surface area contributed by atoms with Gasteiger partial charge in [-0.2, -0.15) is 0 Å². The predicted molar refractivity (Wildman–Crippen MR) is 167 cm³/mol. The van der Waals surface area contributed by atoms with Crippen molar-refractivity contribution < 1.29 is 33.4 Å². The molecule has 13 heteroatoms. The molecular formula is C30H25Cl3N2O7S. The number of para-hydroxylation sites is 1. The molecule has 1 fully saturated rings. The van der Waals surface area contributed by atoms with Gasteiger partial charge in [0, 0.05) is 26.9 Å². The third-order valence-corrected chi connectivity index (χ3v) is 7.81. The number of thioether (sulfide) groups is 1. The van der Waals surface area contributed by atoms with Crippen LogP contribution in [-0.4, -0.2) is 48.2 Å². The van der Waals surface area contributed by atoms with E-state index < -0.39 is 29.6 Å². The Bertz CT molecular complexity index is 1610. The third kappa shape index (κ3) is 8.03. The smallest absolute Gasteiger partial charge is 0.339 e. The Morgan fingerprint density at radius 3 is 2.53 bits per heavy atom. The molecule has 0 bridgehead atoms. The summed E-state index contributed by atoms with van der Waals surface area (Å²) in [6, 6.07) is 14.4. The summed E-state index contributed by atoms with van der Waals surface area (Å²) < 4.78 is 16.6. The molecule has 9 nitrogen and oxygen atoms in total. The van der Waals surface area contributed by atoms with Crippen LogP contribution in [0.1, 0.15) is 34.8 Å². The van der Waals surface area contributed by atoms with E-state index in [1.807, 2.05) is 6.92 Å². The fraction of sp³-hybridized carbons (Fsp3) is 0.200. The summed E-state index contributed by atoms with van der Waals surface area (Å²) in [4.78, 5) is 51.9. The van der Waals surface area contributed by atoms with E-state index in [-0.39, 0.29) is 34.4 Å². The second-order valence-corrected chi connectivity index (χ2v) is 11.3. The Morgan fingerprint density at radius 2 is 1.81 bits per heavy atom. The van der Waals surface area contributed by atoms with Crippen molar-refractivity contribution in [3.05, 3.63) is 91.3 Å². The molecule has 0 unspecified atom stereocenters. The second-order valence-electron chi connectivity index (χ2n) is 9.05. The third-order valence-electron chi connectivity index (χ3n) is 5.99. The van der Waals surface area contributed by atoms with Crippen LogP contribution in [0.15, 0.2) is 59.5 Å². The minimum absolute atomic E-state index is 0.0802. The highest BCUT2D eigenvalue weighted by Gasteiger charge is 2.36. The molecule has 0 aromatic heterocycles. The van der Waals surface area contributed by atoms with Crippen LogP contribution in [-0.2, 0) is 20.9 Å². The molecule has 0 radical (unpaired) electrons. The van der Waals surface area contributed by atoms with Crippen LogP contribution in [0.4, 0.5) is 10.5 Å². The maximum Gasteiger partial charge on any atom is 0.339 e. The van der Waals surface area contributed by atoms with Gasteiger partial charge in [0.15, 0.2) is 11.5 Å². The van der Waals surface area contributed by atoms with Crippen molar-refractivity contribution in [3.63, 3.8) is 0 Å². The lowest BCUT2D eigenvalue weighted by Gasteiger charge is -2.15. The van der Waals surface area contributed by atoms with Gasteiger partial charge >= 0.3 is 5.97 Å². The Hall–Kier alpha value is -3.70. The molecule has 0 aliphatic carbocycles. The van der Waals surface area contributed by atoms with Gasteiger partial charge in [-0.3, -0.25) is 19.3 Å². The fourth-order valence-corrected chi connectivity index (χ4v) is 5.39. The minimum Gasteiger partial charge on any atom is -0.493 e. The second kappa shape index (κ2) is 14.7. The molecule has 43 heavy (non-hydrogen) atoms. The molecule has 1 aliphatic heterocycles. The molecule has 1 heterocycles. The van der Waals surface area contributed by atoms with Crippen LogP contribution in [0, 0.1) is 0 Å². The molecule has 1 saturated heterocycles. The van der Waals surface area contributed by atoms with E-state index in [4.69, 9.17) is 49.0 Å². The highest BCUT2D eigenvalue weighted by atomic mass is 35.5. The van der Waals surface area contributed by atoms with Crippen LogP contribution in [0.5, 0.6) is 11.5 Å². The van der Waals surface area contributed by atoms with Crippen LogP contribution >= 0.6 is 46.6 Å². The van der Waals surface area contributed by atoms with E-state index in [0.717, 1.165) is 4.90 Å². The average Bonchev–Trinajstić information content (AvgIpc) is 3.23. The molecule has 4 rings (SSSR count). The number of nitrogens with zero attached hydrogens (tertiary/aromatic N) is 1. The maximum absolute atomic E-state index is 13.2. The maximum atomic E-state index is 13.2. The summed E-state index contributed by atoms with van der Waals surface area (Å²) in [7, 11) is 1.48. The summed E-state index contributed by atoms with van der Waals surface area (Å²) in [5.74, 6) is -1.20. The number of hydrogen-bond acceptors (Lipinski definition) is 8. The zero-order valence-corrected chi connectivity index (χ0v) is 26.0. The first-order valence-electron chi connectivity index (χ1n) is 12.9. The number of methoxy groups -OCH3 is 1. The zero-order valence-electron chi connectivity index (χ0n) is 22.9. The van der Waals surface area contributed by atoms with Crippen molar-refractivity contribution in [1.29, 1.82) is 0 Å². The number of amides is 3. The zero-order chi connectivity index (χ0) is 31.1. The number of halogens is 3. The Kier molecular flexibility index (Phi) is 11.0. The summed E-state index contributed by atoms with van der Waals surface area (Å²) in [5.41, 5.74) is 1.49. The monoisotopic (exact) mass is 662 g/mol. The lowest BCUT2D eigenvalue weighted by molar-refractivity contribution is -0.127. The van der Waals surface area contributed by atoms with Crippen molar-refractivity contribution >= 4 is 81.4 Å². The largest absolute Gasteiger partial charge is 0.493 e. The van der Waals surface area contributed by atoms with Gasteiger partial charge in [0.25, 0.3) is 11.1 Å². The Morgan fingerprint density at radius 1 is 1.02 bits per heavy atom. The highest BCUT2D eigenvalue weighted by Crippen LogP contribution is 2.38. The first-order valence-corrected chi connectivity index (χ1v) is 14.8. The molecule has 224 valence electrons. The Labute approximate surface area is 267 Å². The summed E-state index contributed by atoms with van der Waals surface area (Å²) in [5, 5.41) is 3.03. The number of ether oxygens (including phenoxy) is 3. The van der Waals surface area contributed by atoms with Crippen LogP contribution in [0.25, 0.3) is 6.08 Å². The molecular weight excluding hydrogens is 639 g/mol. The first kappa shape index (κ1) is 32.2. The molecule has 3 aromatic rings. The molecule has 0 atom stereocenters. The van der Waals surface area contributed by atoms with Crippen LogP contribution in [0.2, 0.25) is 15.1 Å².